The summed E-state index contributed by atoms with van der Waals surface area (Å²) in [6.45, 7) is 3.90. The average molecular weight is 208 g/mol. The molecule has 0 amide bonds. The Balaban J connectivity index is 2.15. The summed E-state index contributed by atoms with van der Waals surface area (Å²) in [6, 6.07) is 0. The number of nitrogens with two attached hydrogens (primary N) is 1. The van der Waals surface area contributed by atoms with Crippen molar-refractivity contribution in [2.75, 3.05) is 5.73 Å². The maximum Gasteiger partial charge on any atom is 0.164 e. The van der Waals surface area contributed by atoms with Crippen molar-refractivity contribution in [2.24, 2.45) is 0 Å². The van der Waals surface area contributed by atoms with Gasteiger partial charge in [0.1, 0.15) is 5.69 Å². The van der Waals surface area contributed by atoms with E-state index in [4.69, 9.17) is 15.2 Å². The molecule has 4 nitrogen and oxygen atoms in total. The Morgan fingerprint density at radius 2 is 2.00 bits per heavy atom. The van der Waals surface area contributed by atoms with Gasteiger partial charge in [0.25, 0.3) is 0 Å². The highest BCUT2D eigenvalue weighted by molar-refractivity contribution is 5.61. The van der Waals surface area contributed by atoms with Crippen molar-refractivity contribution in [1.29, 1.82) is 0 Å². The average Bonchev–Trinajstić information content (AvgIpc) is 2.95. The van der Waals surface area contributed by atoms with Gasteiger partial charge in [-0.25, -0.2) is 0 Å². The van der Waals surface area contributed by atoms with Crippen LogP contribution in [0.2, 0.25) is 0 Å². The first-order valence-corrected chi connectivity index (χ1v) is 5.23. The largest absolute Gasteiger partial charge is 0.487 e. The zero-order valence-corrected chi connectivity index (χ0v) is 9.06. The molecule has 0 atom stereocenters. The normalized spacial score (nSPS) is 15.4. The lowest BCUT2D eigenvalue weighted by atomic mass is 10.3. The fraction of sp³-hybridized carbons (Fsp3) is 0.545. The molecule has 1 aliphatic rings. The van der Waals surface area contributed by atoms with Gasteiger partial charge in [0, 0.05) is 0 Å². The summed E-state index contributed by atoms with van der Waals surface area (Å²) < 4.78 is 11.1. The lowest BCUT2D eigenvalue weighted by molar-refractivity contribution is 0.240. The highest BCUT2D eigenvalue weighted by atomic mass is 16.5. The van der Waals surface area contributed by atoms with Gasteiger partial charge in [-0.05, 0) is 26.7 Å². The lowest BCUT2D eigenvalue weighted by Crippen LogP contribution is -2.09. The van der Waals surface area contributed by atoms with Gasteiger partial charge in [-0.15, -0.1) is 0 Å². The fourth-order valence-electron chi connectivity index (χ4n) is 1.24. The minimum atomic E-state index is 0.0882. The maximum atomic E-state index is 5.92. The number of anilines is 1. The highest BCUT2D eigenvalue weighted by Gasteiger charge is 2.25. The Morgan fingerprint density at radius 3 is 2.60 bits per heavy atom. The molecule has 0 unspecified atom stereocenters. The number of hydrogen-bond acceptors (Lipinski definition) is 4. The Labute approximate surface area is 89.4 Å². The van der Waals surface area contributed by atoms with Crippen molar-refractivity contribution >= 4 is 5.69 Å². The van der Waals surface area contributed by atoms with Gasteiger partial charge in [-0.2, -0.15) is 0 Å². The lowest BCUT2D eigenvalue weighted by Gasteiger charge is -2.14. The Morgan fingerprint density at radius 1 is 1.33 bits per heavy atom. The molecule has 0 spiro atoms. The van der Waals surface area contributed by atoms with E-state index in [1.165, 1.54) is 0 Å². The quantitative estimate of drug-likeness (QED) is 0.822. The predicted octanol–water partition coefficient (Wildman–Crippen LogP) is 1.99. The number of aromatic nitrogens is 1. The molecule has 2 N–H and O–H groups in total. The molecule has 1 aliphatic carbocycles. The van der Waals surface area contributed by atoms with E-state index >= 15 is 0 Å². The van der Waals surface area contributed by atoms with Gasteiger partial charge in [-0.3, -0.25) is 4.98 Å². The number of ether oxygens (including phenoxy) is 2. The van der Waals surface area contributed by atoms with Crippen molar-refractivity contribution in [3.8, 4) is 11.5 Å². The number of hydrogen-bond donors (Lipinski definition) is 1. The van der Waals surface area contributed by atoms with Crippen LogP contribution in [-0.4, -0.2) is 17.2 Å². The molecule has 4 heteroatoms. The molecule has 1 aromatic rings. The minimum Gasteiger partial charge on any atom is -0.487 e. The summed E-state index contributed by atoms with van der Waals surface area (Å²) in [6.07, 6.45) is 5.88. The molecule has 2 rings (SSSR count). The summed E-state index contributed by atoms with van der Waals surface area (Å²) in [5.41, 5.74) is 6.46. The van der Waals surface area contributed by atoms with Crippen LogP contribution in [-0.2, 0) is 0 Å². The zero-order chi connectivity index (χ0) is 10.8. The third-order valence-electron chi connectivity index (χ3n) is 2.10. The minimum absolute atomic E-state index is 0.0882. The summed E-state index contributed by atoms with van der Waals surface area (Å²) in [4.78, 5) is 4.05. The summed E-state index contributed by atoms with van der Waals surface area (Å²) >= 11 is 0. The van der Waals surface area contributed by atoms with Crippen LogP contribution in [0.15, 0.2) is 12.4 Å². The molecular weight excluding hydrogens is 192 g/mol. The van der Waals surface area contributed by atoms with Crippen LogP contribution in [0.4, 0.5) is 5.69 Å². The van der Waals surface area contributed by atoms with Crippen molar-refractivity contribution in [3.63, 3.8) is 0 Å². The third-order valence-corrected chi connectivity index (χ3v) is 2.10. The summed E-state index contributed by atoms with van der Waals surface area (Å²) in [5, 5.41) is 0. The molecule has 1 saturated carbocycles. The third kappa shape index (κ3) is 2.52. The van der Waals surface area contributed by atoms with E-state index in [2.05, 4.69) is 4.98 Å². The van der Waals surface area contributed by atoms with Crippen LogP contribution in [0.25, 0.3) is 0 Å². The molecule has 82 valence electrons. The SMILES string of the molecule is CC(C)Oc1cncc(OC2CC2)c1N. The zero-order valence-electron chi connectivity index (χ0n) is 9.06. The van der Waals surface area contributed by atoms with Gasteiger partial charge in [-0.1, -0.05) is 0 Å². The van der Waals surface area contributed by atoms with E-state index in [0.717, 1.165) is 12.8 Å². The van der Waals surface area contributed by atoms with Gasteiger partial charge >= 0.3 is 0 Å². The Kier molecular flexibility index (Phi) is 2.66. The molecule has 0 radical (unpaired) electrons. The molecule has 1 fully saturated rings. The van der Waals surface area contributed by atoms with E-state index in [0.29, 0.717) is 23.3 Å². The molecule has 0 saturated heterocycles. The molecular formula is C11H16N2O2. The standard InChI is InChI=1S/C11H16N2O2/c1-7(2)14-9-5-13-6-10(11(9)12)15-8-3-4-8/h5-8H,3-4H2,1-2H3,(H2,12,13). The van der Waals surface area contributed by atoms with Crippen LogP contribution >= 0.6 is 0 Å². The highest BCUT2D eigenvalue weighted by Crippen LogP contribution is 2.35. The number of nitrogens with zero attached hydrogens (tertiary/aromatic N) is 1. The first kappa shape index (κ1) is 10.1. The van der Waals surface area contributed by atoms with Gasteiger partial charge in [0.15, 0.2) is 11.5 Å². The molecule has 1 aromatic heterocycles. The maximum absolute atomic E-state index is 5.92. The monoisotopic (exact) mass is 208 g/mol. The molecule has 0 bridgehead atoms. The first-order chi connectivity index (χ1) is 7.16. The van der Waals surface area contributed by atoms with E-state index < -0.39 is 0 Å². The molecule has 1 heterocycles. The van der Waals surface area contributed by atoms with E-state index in [9.17, 15) is 0 Å². The Bertz CT molecular complexity index is 326. The van der Waals surface area contributed by atoms with Gasteiger partial charge in [0.05, 0.1) is 24.6 Å². The van der Waals surface area contributed by atoms with Crippen molar-refractivity contribution < 1.29 is 9.47 Å². The molecule has 15 heavy (non-hydrogen) atoms. The second kappa shape index (κ2) is 3.96. The fourth-order valence-corrected chi connectivity index (χ4v) is 1.24. The summed E-state index contributed by atoms with van der Waals surface area (Å²) in [5.74, 6) is 1.24. The smallest absolute Gasteiger partial charge is 0.164 e. The van der Waals surface area contributed by atoms with Crippen molar-refractivity contribution in [1.82, 2.24) is 4.98 Å². The first-order valence-electron chi connectivity index (χ1n) is 5.23. The van der Waals surface area contributed by atoms with Crippen LogP contribution < -0.4 is 15.2 Å². The van der Waals surface area contributed by atoms with Crippen LogP contribution in [0.3, 0.4) is 0 Å². The van der Waals surface area contributed by atoms with Crippen molar-refractivity contribution in [2.45, 2.75) is 38.9 Å². The van der Waals surface area contributed by atoms with Crippen LogP contribution in [0, 0.1) is 0 Å². The summed E-state index contributed by atoms with van der Waals surface area (Å²) in [7, 11) is 0. The second-order valence-corrected chi connectivity index (χ2v) is 4.03. The number of pyridine rings is 1. The van der Waals surface area contributed by atoms with E-state index in [1.807, 2.05) is 13.8 Å². The Hall–Kier alpha value is -1.45. The molecule has 0 aliphatic heterocycles. The van der Waals surface area contributed by atoms with E-state index in [-0.39, 0.29) is 6.10 Å². The second-order valence-electron chi connectivity index (χ2n) is 4.03. The topological polar surface area (TPSA) is 57.4 Å². The predicted molar refractivity (Wildman–Crippen MR) is 58.1 cm³/mol. The van der Waals surface area contributed by atoms with Crippen LogP contribution in [0.5, 0.6) is 11.5 Å². The van der Waals surface area contributed by atoms with Crippen LogP contribution in [0.1, 0.15) is 26.7 Å². The molecule has 0 aromatic carbocycles. The van der Waals surface area contributed by atoms with Gasteiger partial charge < -0.3 is 15.2 Å². The van der Waals surface area contributed by atoms with Crippen molar-refractivity contribution in [3.05, 3.63) is 12.4 Å². The van der Waals surface area contributed by atoms with E-state index in [1.54, 1.807) is 12.4 Å². The number of rotatable bonds is 4. The number of nitrogen functional groups attached to an aromatic ring is 1. The van der Waals surface area contributed by atoms with Gasteiger partial charge in [0.2, 0.25) is 0 Å².